The lowest BCUT2D eigenvalue weighted by Gasteiger charge is -2.34. The highest BCUT2D eigenvalue weighted by Crippen LogP contribution is 2.25. The number of benzene rings is 1. The summed E-state index contributed by atoms with van der Waals surface area (Å²) in [6.45, 7) is 7.04. The summed E-state index contributed by atoms with van der Waals surface area (Å²) in [7, 11) is 1.69. The Hall–Kier alpha value is -1.92. The lowest BCUT2D eigenvalue weighted by atomic mass is 9.98. The van der Waals surface area contributed by atoms with Gasteiger partial charge >= 0.3 is 0 Å². The van der Waals surface area contributed by atoms with Gasteiger partial charge in [0.25, 0.3) is 0 Å². The van der Waals surface area contributed by atoms with Crippen LogP contribution in [0.3, 0.4) is 0 Å². The van der Waals surface area contributed by atoms with E-state index in [0.717, 1.165) is 79.9 Å². The first kappa shape index (κ1) is 18.4. The number of fused-ring (bicyclic) bond motifs is 1. The van der Waals surface area contributed by atoms with Crippen molar-refractivity contribution < 1.29 is 9.47 Å². The van der Waals surface area contributed by atoms with Gasteiger partial charge in [0.05, 0.1) is 18.3 Å². The fourth-order valence-corrected chi connectivity index (χ4v) is 4.08. The van der Waals surface area contributed by atoms with Crippen LogP contribution in [0.25, 0.3) is 10.9 Å². The second-order valence-corrected chi connectivity index (χ2v) is 7.72. The van der Waals surface area contributed by atoms with Crippen LogP contribution in [0.4, 0.5) is 5.95 Å². The fraction of sp³-hybridized carbons (Fsp3) is 0.619. The van der Waals surface area contributed by atoms with Gasteiger partial charge in [0.15, 0.2) is 0 Å². The lowest BCUT2D eigenvalue weighted by Crippen LogP contribution is -2.44. The minimum Gasteiger partial charge on any atom is -0.497 e. The summed E-state index contributed by atoms with van der Waals surface area (Å²) in [5.74, 6) is 2.48. The van der Waals surface area contributed by atoms with Crippen LogP contribution in [0.2, 0.25) is 0 Å². The van der Waals surface area contributed by atoms with E-state index in [1.54, 1.807) is 7.11 Å². The van der Waals surface area contributed by atoms with Crippen molar-refractivity contribution in [1.82, 2.24) is 15.3 Å². The van der Waals surface area contributed by atoms with Gasteiger partial charge < -0.3 is 19.7 Å². The van der Waals surface area contributed by atoms with Crippen LogP contribution in [-0.2, 0) is 4.74 Å². The van der Waals surface area contributed by atoms with Crippen molar-refractivity contribution in [2.75, 3.05) is 44.9 Å². The number of nitrogens with one attached hydrogen (secondary N) is 1. The SMILES string of the molecule is COc1ccc2nc(N3CCC(NCC4CCOCC4)CC3)nc(C)c2c1. The molecule has 6 heteroatoms. The molecule has 0 spiro atoms. The van der Waals surface area contributed by atoms with Crippen molar-refractivity contribution in [2.24, 2.45) is 5.92 Å². The third kappa shape index (κ3) is 4.33. The van der Waals surface area contributed by atoms with Gasteiger partial charge in [-0.3, -0.25) is 0 Å². The number of ether oxygens (including phenoxy) is 2. The molecule has 0 amide bonds. The summed E-state index contributed by atoms with van der Waals surface area (Å²) in [5, 5.41) is 4.84. The van der Waals surface area contributed by atoms with Gasteiger partial charge in [-0.2, -0.15) is 0 Å². The first-order chi connectivity index (χ1) is 13.2. The summed E-state index contributed by atoms with van der Waals surface area (Å²) in [6.07, 6.45) is 4.68. The Balaban J connectivity index is 1.36. The van der Waals surface area contributed by atoms with Crippen molar-refractivity contribution in [3.63, 3.8) is 0 Å². The topological polar surface area (TPSA) is 59.5 Å². The van der Waals surface area contributed by atoms with E-state index in [2.05, 4.69) is 17.1 Å². The summed E-state index contributed by atoms with van der Waals surface area (Å²) < 4.78 is 10.8. The Bertz CT molecular complexity index is 768. The van der Waals surface area contributed by atoms with Crippen LogP contribution in [-0.4, -0.2) is 56.0 Å². The van der Waals surface area contributed by atoms with E-state index in [0.29, 0.717) is 6.04 Å². The van der Waals surface area contributed by atoms with Crippen LogP contribution in [0.1, 0.15) is 31.4 Å². The number of aryl methyl sites for hydroxylation is 1. The monoisotopic (exact) mass is 370 g/mol. The average Bonchev–Trinajstić information content (AvgIpc) is 2.73. The normalized spacial score (nSPS) is 19.6. The van der Waals surface area contributed by atoms with E-state index in [-0.39, 0.29) is 0 Å². The Kier molecular flexibility index (Phi) is 5.74. The zero-order chi connectivity index (χ0) is 18.6. The molecule has 2 aliphatic heterocycles. The Morgan fingerprint density at radius 2 is 1.93 bits per heavy atom. The van der Waals surface area contributed by atoms with Crippen molar-refractivity contribution in [3.05, 3.63) is 23.9 Å². The van der Waals surface area contributed by atoms with Crippen LogP contribution >= 0.6 is 0 Å². The Labute approximate surface area is 161 Å². The van der Waals surface area contributed by atoms with E-state index in [4.69, 9.17) is 19.4 Å². The molecule has 0 aliphatic carbocycles. The molecule has 1 aromatic heterocycles. The highest BCUT2D eigenvalue weighted by atomic mass is 16.5. The molecule has 1 N–H and O–H groups in total. The molecule has 4 rings (SSSR count). The molecule has 0 bridgehead atoms. The number of aromatic nitrogens is 2. The van der Waals surface area contributed by atoms with Gasteiger partial charge in [-0.05, 0) is 63.3 Å². The molecule has 3 heterocycles. The molecule has 2 fully saturated rings. The van der Waals surface area contributed by atoms with Gasteiger partial charge in [0.2, 0.25) is 5.95 Å². The van der Waals surface area contributed by atoms with Crippen LogP contribution < -0.4 is 15.0 Å². The molecule has 2 aliphatic rings. The summed E-state index contributed by atoms with van der Waals surface area (Å²) >= 11 is 0. The number of hydrogen-bond acceptors (Lipinski definition) is 6. The third-order valence-corrected chi connectivity index (χ3v) is 5.90. The van der Waals surface area contributed by atoms with Crippen molar-refractivity contribution >= 4 is 16.9 Å². The first-order valence-corrected chi connectivity index (χ1v) is 10.1. The van der Waals surface area contributed by atoms with E-state index < -0.39 is 0 Å². The molecular weight excluding hydrogens is 340 g/mol. The standard InChI is InChI=1S/C21H30N4O2/c1-15-19-13-18(26-2)3-4-20(19)24-21(23-15)25-9-5-17(6-10-25)22-14-16-7-11-27-12-8-16/h3-4,13,16-17,22H,5-12,14H2,1-2H3. The molecule has 27 heavy (non-hydrogen) atoms. The smallest absolute Gasteiger partial charge is 0.226 e. The lowest BCUT2D eigenvalue weighted by molar-refractivity contribution is 0.0651. The first-order valence-electron chi connectivity index (χ1n) is 10.1. The maximum atomic E-state index is 5.45. The quantitative estimate of drug-likeness (QED) is 0.873. The predicted molar refractivity (Wildman–Crippen MR) is 108 cm³/mol. The summed E-state index contributed by atoms with van der Waals surface area (Å²) in [4.78, 5) is 11.9. The van der Waals surface area contributed by atoms with Crippen molar-refractivity contribution in [1.29, 1.82) is 0 Å². The van der Waals surface area contributed by atoms with Crippen LogP contribution in [0.5, 0.6) is 5.75 Å². The highest BCUT2D eigenvalue weighted by molar-refractivity contribution is 5.83. The minimum absolute atomic E-state index is 0.606. The zero-order valence-corrected chi connectivity index (χ0v) is 16.4. The maximum absolute atomic E-state index is 5.45. The number of piperidine rings is 1. The molecule has 146 valence electrons. The van der Waals surface area contributed by atoms with Gasteiger partial charge in [0, 0.05) is 37.7 Å². The van der Waals surface area contributed by atoms with Gasteiger partial charge in [-0.15, -0.1) is 0 Å². The Morgan fingerprint density at radius 3 is 2.67 bits per heavy atom. The molecular formula is C21H30N4O2. The fourth-order valence-electron chi connectivity index (χ4n) is 4.08. The number of anilines is 1. The largest absolute Gasteiger partial charge is 0.497 e. The molecule has 0 saturated carbocycles. The maximum Gasteiger partial charge on any atom is 0.226 e. The third-order valence-electron chi connectivity index (χ3n) is 5.90. The van der Waals surface area contributed by atoms with Gasteiger partial charge in [-0.25, -0.2) is 9.97 Å². The number of nitrogens with zero attached hydrogens (tertiary/aromatic N) is 3. The predicted octanol–water partition coefficient (Wildman–Crippen LogP) is 2.93. The molecule has 0 unspecified atom stereocenters. The van der Waals surface area contributed by atoms with Gasteiger partial charge in [0.1, 0.15) is 5.75 Å². The van der Waals surface area contributed by atoms with Crippen LogP contribution in [0.15, 0.2) is 18.2 Å². The number of rotatable bonds is 5. The van der Waals surface area contributed by atoms with Crippen molar-refractivity contribution in [3.8, 4) is 5.75 Å². The minimum atomic E-state index is 0.606. The number of methoxy groups -OCH3 is 1. The van der Waals surface area contributed by atoms with Crippen molar-refractivity contribution in [2.45, 2.75) is 38.6 Å². The van der Waals surface area contributed by atoms with E-state index in [1.807, 2.05) is 18.2 Å². The second-order valence-electron chi connectivity index (χ2n) is 7.72. The summed E-state index contributed by atoms with van der Waals surface area (Å²) in [5.41, 5.74) is 1.99. The summed E-state index contributed by atoms with van der Waals surface area (Å²) in [6, 6.07) is 6.61. The van der Waals surface area contributed by atoms with E-state index in [1.165, 1.54) is 12.8 Å². The second kappa shape index (κ2) is 8.40. The number of hydrogen-bond donors (Lipinski definition) is 1. The van der Waals surface area contributed by atoms with E-state index in [9.17, 15) is 0 Å². The zero-order valence-electron chi connectivity index (χ0n) is 16.4. The molecule has 2 aromatic rings. The van der Waals surface area contributed by atoms with Crippen LogP contribution in [0, 0.1) is 12.8 Å². The Morgan fingerprint density at radius 1 is 1.15 bits per heavy atom. The molecule has 0 radical (unpaired) electrons. The van der Waals surface area contributed by atoms with E-state index >= 15 is 0 Å². The highest BCUT2D eigenvalue weighted by Gasteiger charge is 2.23. The average molecular weight is 370 g/mol. The molecule has 2 saturated heterocycles. The molecule has 6 nitrogen and oxygen atoms in total. The molecule has 1 aromatic carbocycles. The van der Waals surface area contributed by atoms with Gasteiger partial charge in [-0.1, -0.05) is 0 Å². The molecule has 0 atom stereocenters.